The van der Waals surface area contributed by atoms with Crippen LogP contribution in [0.25, 0.3) is 0 Å². The molecule has 0 aromatic carbocycles. The van der Waals surface area contributed by atoms with Crippen LogP contribution >= 0.6 is 0 Å². The molecule has 10 heteroatoms. The number of aliphatic hydroxyl groups excluding tert-OH is 4. The zero-order valence-electron chi connectivity index (χ0n) is 36.2. The van der Waals surface area contributed by atoms with Gasteiger partial charge in [0.05, 0.1) is 13.2 Å². The van der Waals surface area contributed by atoms with Gasteiger partial charge in [0.25, 0.3) is 0 Å². The van der Waals surface area contributed by atoms with E-state index in [1.54, 1.807) is 0 Å². The fraction of sp³-hybridized carbons (Fsp3) is 0.633. The molecule has 1 heterocycles. The van der Waals surface area contributed by atoms with Crippen LogP contribution in [0, 0.1) is 0 Å². The molecular weight excluding hydrogens is 749 g/mol. The number of unbranched alkanes of at least 4 members (excludes halogenated alkanes) is 8. The summed E-state index contributed by atoms with van der Waals surface area (Å²) in [5, 5.41) is 40.1. The van der Waals surface area contributed by atoms with Crippen LogP contribution in [0.1, 0.15) is 142 Å². The summed E-state index contributed by atoms with van der Waals surface area (Å²) in [6, 6.07) is 0. The van der Waals surface area contributed by atoms with E-state index in [1.165, 1.54) is 25.7 Å². The Morgan fingerprint density at radius 3 is 1.51 bits per heavy atom. The Labute approximate surface area is 356 Å². The van der Waals surface area contributed by atoms with Crippen molar-refractivity contribution in [1.82, 2.24) is 0 Å². The van der Waals surface area contributed by atoms with Crippen molar-refractivity contribution in [2.75, 3.05) is 19.8 Å². The predicted molar refractivity (Wildman–Crippen MR) is 237 cm³/mol. The van der Waals surface area contributed by atoms with Gasteiger partial charge in [-0.3, -0.25) is 9.59 Å². The van der Waals surface area contributed by atoms with E-state index >= 15 is 0 Å². The topological polar surface area (TPSA) is 152 Å². The summed E-state index contributed by atoms with van der Waals surface area (Å²) < 4.78 is 22.1. The molecule has 0 spiro atoms. The molecule has 1 rings (SSSR count). The van der Waals surface area contributed by atoms with E-state index in [-0.39, 0.29) is 26.1 Å². The normalized spacial score (nSPS) is 20.9. The van der Waals surface area contributed by atoms with Gasteiger partial charge in [0.1, 0.15) is 31.0 Å². The monoisotopic (exact) mass is 827 g/mol. The quantitative estimate of drug-likeness (QED) is 0.0276. The van der Waals surface area contributed by atoms with Crippen LogP contribution < -0.4 is 0 Å². The second kappa shape index (κ2) is 38.8. The minimum absolute atomic E-state index is 0.164. The lowest BCUT2D eigenvalue weighted by atomic mass is 9.99. The Balaban J connectivity index is 2.40. The molecular formula is C49H78O10. The predicted octanol–water partition coefficient (Wildman–Crippen LogP) is 9.55. The maximum atomic E-state index is 12.7. The van der Waals surface area contributed by atoms with Crippen molar-refractivity contribution in [3.8, 4) is 0 Å². The minimum atomic E-state index is -1.61. The van der Waals surface area contributed by atoms with E-state index in [2.05, 4.69) is 111 Å². The van der Waals surface area contributed by atoms with Crippen LogP contribution in [-0.2, 0) is 28.5 Å². The summed E-state index contributed by atoms with van der Waals surface area (Å²) in [5.74, 6) is -0.903. The summed E-state index contributed by atoms with van der Waals surface area (Å²) in [5.41, 5.74) is 0. The molecule has 1 fully saturated rings. The van der Waals surface area contributed by atoms with Crippen LogP contribution in [0.3, 0.4) is 0 Å². The Morgan fingerprint density at radius 2 is 1.00 bits per heavy atom. The molecule has 1 saturated heterocycles. The number of ether oxygens (including phenoxy) is 4. The minimum Gasteiger partial charge on any atom is -0.462 e. The van der Waals surface area contributed by atoms with E-state index in [0.29, 0.717) is 12.8 Å². The lowest BCUT2D eigenvalue weighted by Gasteiger charge is -2.39. The van der Waals surface area contributed by atoms with Gasteiger partial charge < -0.3 is 39.4 Å². The second-order valence-corrected chi connectivity index (χ2v) is 14.8. The SMILES string of the molecule is CC/C=C/C/C=C/C/C=C/C/C=C/CCCCC(=O)O[C@@H](COC(=O)CCCCC/C=C/C/C=C/C/C=C/C/C=C/CCCCC)CO[C@H]1O[C@@H](CO)[C@@H](O)C(O)C1O. The molecule has 2 unspecified atom stereocenters. The van der Waals surface area contributed by atoms with Crippen LogP contribution in [0.4, 0.5) is 0 Å². The number of esters is 2. The van der Waals surface area contributed by atoms with E-state index < -0.39 is 55.4 Å². The summed E-state index contributed by atoms with van der Waals surface area (Å²) in [6.45, 7) is 3.18. The van der Waals surface area contributed by atoms with Gasteiger partial charge in [-0.05, 0) is 96.3 Å². The van der Waals surface area contributed by atoms with Crippen LogP contribution in [-0.4, -0.2) is 89.0 Å². The molecule has 0 bridgehead atoms. The first-order chi connectivity index (χ1) is 28.8. The average molecular weight is 827 g/mol. The third-order valence-corrected chi connectivity index (χ3v) is 9.45. The number of rotatable bonds is 35. The highest BCUT2D eigenvalue weighted by atomic mass is 16.7. The fourth-order valence-corrected chi connectivity index (χ4v) is 5.92. The number of allylic oxidation sites excluding steroid dienone is 16. The largest absolute Gasteiger partial charge is 0.462 e. The maximum Gasteiger partial charge on any atom is 0.306 e. The van der Waals surface area contributed by atoms with Crippen molar-refractivity contribution in [1.29, 1.82) is 0 Å². The van der Waals surface area contributed by atoms with E-state index in [4.69, 9.17) is 18.9 Å². The molecule has 0 amide bonds. The number of hydrogen-bond donors (Lipinski definition) is 4. The molecule has 6 atom stereocenters. The first-order valence-corrected chi connectivity index (χ1v) is 22.3. The zero-order valence-corrected chi connectivity index (χ0v) is 36.2. The van der Waals surface area contributed by atoms with Gasteiger partial charge in [0, 0.05) is 12.8 Å². The lowest BCUT2D eigenvalue weighted by Crippen LogP contribution is -2.59. The van der Waals surface area contributed by atoms with Crippen molar-refractivity contribution in [3.05, 3.63) is 97.2 Å². The fourth-order valence-electron chi connectivity index (χ4n) is 5.92. The van der Waals surface area contributed by atoms with Crippen molar-refractivity contribution in [2.45, 2.75) is 179 Å². The smallest absolute Gasteiger partial charge is 0.306 e. The van der Waals surface area contributed by atoms with Gasteiger partial charge in [-0.25, -0.2) is 0 Å². The summed E-state index contributed by atoms with van der Waals surface area (Å²) in [7, 11) is 0. The molecule has 0 aliphatic carbocycles. The van der Waals surface area contributed by atoms with Crippen LogP contribution in [0.15, 0.2) is 97.2 Å². The summed E-state index contributed by atoms with van der Waals surface area (Å²) >= 11 is 0. The third-order valence-electron chi connectivity index (χ3n) is 9.45. The first kappa shape index (κ1) is 53.6. The number of carbonyl (C=O) groups is 2. The lowest BCUT2D eigenvalue weighted by molar-refractivity contribution is -0.305. The highest BCUT2D eigenvalue weighted by molar-refractivity contribution is 5.70. The van der Waals surface area contributed by atoms with E-state index in [9.17, 15) is 30.0 Å². The van der Waals surface area contributed by atoms with Gasteiger partial charge >= 0.3 is 11.9 Å². The summed E-state index contributed by atoms with van der Waals surface area (Å²) in [4.78, 5) is 25.3. The molecule has 0 radical (unpaired) electrons. The number of carbonyl (C=O) groups excluding carboxylic acids is 2. The molecule has 59 heavy (non-hydrogen) atoms. The number of hydrogen-bond acceptors (Lipinski definition) is 10. The van der Waals surface area contributed by atoms with Gasteiger partial charge in [-0.15, -0.1) is 0 Å². The van der Waals surface area contributed by atoms with Crippen LogP contribution in [0.5, 0.6) is 0 Å². The molecule has 1 aliphatic heterocycles. The number of aliphatic hydroxyl groups is 4. The highest BCUT2D eigenvalue weighted by Gasteiger charge is 2.44. The first-order valence-electron chi connectivity index (χ1n) is 22.3. The second-order valence-electron chi connectivity index (χ2n) is 14.8. The molecule has 10 nitrogen and oxygen atoms in total. The van der Waals surface area contributed by atoms with E-state index in [1.807, 2.05) is 0 Å². The zero-order chi connectivity index (χ0) is 43.0. The standard InChI is InChI=1S/C49H78O10/c1-3-5-7-9-11-13-15-17-19-20-21-22-24-25-27-29-31-33-35-37-44(51)56-40-42(41-57-49-48(55)47(54)46(53)43(39-50)59-49)58-45(52)38-36-34-32-30-28-26-23-18-16-14-12-10-8-6-4-2/h6,8,11-14,17-19,21-23,25,27-28,30,42-43,46-50,53-55H,3-5,7,9-10,15-16,20,24,26,29,31-41H2,1-2H3/b8-6+,13-11+,14-12+,19-17+,22-21+,23-18+,27-25+,30-28+/t42-,43-,46+,47?,48?,49-/m0/s1. The Morgan fingerprint density at radius 1 is 0.542 bits per heavy atom. The van der Waals surface area contributed by atoms with Crippen molar-refractivity contribution >= 4 is 11.9 Å². The molecule has 334 valence electrons. The van der Waals surface area contributed by atoms with Crippen molar-refractivity contribution in [2.24, 2.45) is 0 Å². The molecule has 4 N–H and O–H groups in total. The maximum absolute atomic E-state index is 12.7. The molecule has 1 aliphatic rings. The van der Waals surface area contributed by atoms with Gasteiger partial charge in [-0.1, -0.05) is 130 Å². The highest BCUT2D eigenvalue weighted by Crippen LogP contribution is 2.22. The Hall–Kier alpha value is -3.38. The van der Waals surface area contributed by atoms with Gasteiger partial charge in [0.2, 0.25) is 0 Å². The molecule has 0 saturated carbocycles. The average Bonchev–Trinajstić information content (AvgIpc) is 3.23. The van der Waals surface area contributed by atoms with Gasteiger partial charge in [0.15, 0.2) is 12.4 Å². The Kier molecular flexibility index (Phi) is 35.3. The van der Waals surface area contributed by atoms with Crippen molar-refractivity contribution in [3.63, 3.8) is 0 Å². The van der Waals surface area contributed by atoms with Gasteiger partial charge in [-0.2, -0.15) is 0 Å². The molecule has 0 aromatic rings. The van der Waals surface area contributed by atoms with Crippen LogP contribution in [0.2, 0.25) is 0 Å². The van der Waals surface area contributed by atoms with Crippen molar-refractivity contribution < 1.29 is 49.0 Å². The molecule has 0 aromatic heterocycles. The van der Waals surface area contributed by atoms with E-state index in [0.717, 1.165) is 77.0 Å². The summed E-state index contributed by atoms with van der Waals surface area (Å²) in [6.07, 6.45) is 44.1. The third kappa shape index (κ3) is 30.3. The Bertz CT molecular complexity index is 1280.